The van der Waals surface area contributed by atoms with E-state index in [1.807, 2.05) is 0 Å². The lowest BCUT2D eigenvalue weighted by molar-refractivity contribution is 0.383. The predicted octanol–water partition coefficient (Wildman–Crippen LogP) is 1.80. The second kappa shape index (κ2) is 5.55. The molecule has 5 nitrogen and oxygen atoms in total. The van der Waals surface area contributed by atoms with Gasteiger partial charge in [-0.05, 0) is 18.9 Å². The van der Waals surface area contributed by atoms with Crippen LogP contribution in [0.5, 0.6) is 5.75 Å². The fraction of sp³-hybridized carbons (Fsp3) is 0.333. The number of aryl methyl sites for hydroxylation is 1. The van der Waals surface area contributed by atoms with Crippen molar-refractivity contribution >= 4 is 5.69 Å². The highest BCUT2D eigenvalue weighted by molar-refractivity contribution is 5.48. The number of rotatable bonds is 3. The summed E-state index contributed by atoms with van der Waals surface area (Å²) in [7, 11) is 1.41. The maximum absolute atomic E-state index is 14.1. The van der Waals surface area contributed by atoms with Crippen LogP contribution in [0, 0.1) is 5.82 Å². The number of halogens is 1. The number of nitrogens with zero attached hydrogens (tertiary/aromatic N) is 2. The topological polar surface area (TPSA) is 56.2 Å². The monoisotopic (exact) mass is 289 g/mol. The Bertz CT molecular complexity index is 727. The van der Waals surface area contributed by atoms with E-state index in [-0.39, 0.29) is 17.9 Å². The van der Waals surface area contributed by atoms with Gasteiger partial charge in [0.1, 0.15) is 0 Å². The van der Waals surface area contributed by atoms with E-state index in [0.29, 0.717) is 5.56 Å². The molecule has 1 N–H and O–H groups in total. The molecule has 21 heavy (non-hydrogen) atoms. The van der Waals surface area contributed by atoms with Crippen molar-refractivity contribution in [1.82, 2.24) is 9.78 Å². The number of hydrogen-bond donors (Lipinski definition) is 1. The minimum atomic E-state index is -0.454. The molecule has 0 spiro atoms. The number of methoxy groups -OCH3 is 1. The van der Waals surface area contributed by atoms with Gasteiger partial charge in [0.2, 0.25) is 0 Å². The number of anilines is 1. The number of benzene rings is 1. The van der Waals surface area contributed by atoms with Crippen LogP contribution in [0.15, 0.2) is 29.1 Å². The lowest BCUT2D eigenvalue weighted by atomic mass is 10.1. The Kier molecular flexibility index (Phi) is 3.60. The molecule has 1 aromatic carbocycles. The second-order valence-electron chi connectivity index (χ2n) is 4.96. The zero-order valence-electron chi connectivity index (χ0n) is 11.7. The van der Waals surface area contributed by atoms with Gasteiger partial charge in [-0.2, -0.15) is 5.10 Å². The van der Waals surface area contributed by atoms with Crippen LogP contribution in [0.3, 0.4) is 0 Å². The standard InChI is InChI=1S/C15H16FN3O2/c1-21-13-6-2-4-10(15(13)16)9-19-14(20)8-12-11(18-19)5-3-7-17-12/h2,4,6,8,17H,3,5,7,9H2,1H3. The van der Waals surface area contributed by atoms with Crippen LogP contribution >= 0.6 is 0 Å². The molecule has 1 aromatic heterocycles. The van der Waals surface area contributed by atoms with E-state index in [1.165, 1.54) is 17.9 Å². The summed E-state index contributed by atoms with van der Waals surface area (Å²) in [6.07, 6.45) is 1.80. The third-order valence-electron chi connectivity index (χ3n) is 3.56. The predicted molar refractivity (Wildman–Crippen MR) is 77.4 cm³/mol. The van der Waals surface area contributed by atoms with E-state index < -0.39 is 5.82 Å². The molecule has 0 aliphatic carbocycles. The smallest absolute Gasteiger partial charge is 0.269 e. The molecule has 2 heterocycles. The number of fused-ring (bicyclic) bond motifs is 1. The van der Waals surface area contributed by atoms with Crippen molar-refractivity contribution in [3.8, 4) is 5.75 Å². The van der Waals surface area contributed by atoms with Gasteiger partial charge < -0.3 is 10.1 Å². The first-order valence-corrected chi connectivity index (χ1v) is 6.85. The first-order valence-electron chi connectivity index (χ1n) is 6.85. The molecule has 0 bridgehead atoms. The van der Waals surface area contributed by atoms with Gasteiger partial charge in [-0.25, -0.2) is 9.07 Å². The van der Waals surface area contributed by atoms with E-state index in [2.05, 4.69) is 10.4 Å². The molecule has 0 fully saturated rings. The molecule has 3 rings (SSSR count). The summed E-state index contributed by atoms with van der Waals surface area (Å²) in [4.78, 5) is 12.1. The van der Waals surface area contributed by atoms with Crippen molar-refractivity contribution in [2.45, 2.75) is 19.4 Å². The maximum Gasteiger partial charge on any atom is 0.269 e. The summed E-state index contributed by atoms with van der Waals surface area (Å²) in [6.45, 7) is 0.942. The van der Waals surface area contributed by atoms with Crippen LogP contribution in [-0.4, -0.2) is 23.4 Å². The van der Waals surface area contributed by atoms with Gasteiger partial charge in [0, 0.05) is 18.2 Å². The molecular weight excluding hydrogens is 273 g/mol. The molecule has 0 saturated heterocycles. The van der Waals surface area contributed by atoms with Crippen molar-refractivity contribution in [3.05, 3.63) is 51.7 Å². The molecule has 110 valence electrons. The van der Waals surface area contributed by atoms with Gasteiger partial charge in [-0.3, -0.25) is 4.79 Å². The normalized spacial score (nSPS) is 13.4. The van der Waals surface area contributed by atoms with E-state index in [9.17, 15) is 9.18 Å². The van der Waals surface area contributed by atoms with Gasteiger partial charge in [0.25, 0.3) is 5.56 Å². The van der Waals surface area contributed by atoms with Crippen molar-refractivity contribution in [2.75, 3.05) is 19.0 Å². The van der Waals surface area contributed by atoms with Crippen LogP contribution in [0.2, 0.25) is 0 Å². The van der Waals surface area contributed by atoms with E-state index in [0.717, 1.165) is 30.8 Å². The molecule has 1 aliphatic rings. The quantitative estimate of drug-likeness (QED) is 0.936. The Balaban J connectivity index is 1.97. The fourth-order valence-corrected chi connectivity index (χ4v) is 2.46. The third-order valence-corrected chi connectivity index (χ3v) is 3.56. The van der Waals surface area contributed by atoms with E-state index in [1.54, 1.807) is 18.2 Å². The van der Waals surface area contributed by atoms with Crippen LogP contribution in [0.1, 0.15) is 17.7 Å². The fourth-order valence-electron chi connectivity index (χ4n) is 2.46. The number of aromatic nitrogens is 2. The molecule has 0 radical (unpaired) electrons. The van der Waals surface area contributed by atoms with Gasteiger partial charge in [-0.15, -0.1) is 0 Å². The van der Waals surface area contributed by atoms with Crippen molar-refractivity contribution in [1.29, 1.82) is 0 Å². The maximum atomic E-state index is 14.1. The summed E-state index contributed by atoms with van der Waals surface area (Å²) >= 11 is 0. The largest absolute Gasteiger partial charge is 0.494 e. The average Bonchev–Trinajstić information content (AvgIpc) is 2.50. The summed E-state index contributed by atoms with van der Waals surface area (Å²) in [5, 5.41) is 7.49. The SMILES string of the molecule is COc1cccc(Cn2nc3c(cc2=O)NCCC3)c1F. The molecule has 0 atom stereocenters. The number of hydrogen-bond acceptors (Lipinski definition) is 4. The molecule has 6 heteroatoms. The lowest BCUT2D eigenvalue weighted by Crippen LogP contribution is -2.27. The minimum Gasteiger partial charge on any atom is -0.494 e. The van der Waals surface area contributed by atoms with Crippen LogP contribution < -0.4 is 15.6 Å². The second-order valence-corrected chi connectivity index (χ2v) is 4.96. The summed E-state index contributed by atoms with van der Waals surface area (Å²) in [5.74, 6) is -0.287. The molecule has 1 aliphatic heterocycles. The van der Waals surface area contributed by atoms with Gasteiger partial charge in [0.15, 0.2) is 11.6 Å². The highest BCUT2D eigenvalue weighted by Crippen LogP contribution is 2.21. The van der Waals surface area contributed by atoms with Gasteiger partial charge in [-0.1, -0.05) is 12.1 Å². The Morgan fingerprint density at radius 3 is 3.14 bits per heavy atom. The molecule has 2 aromatic rings. The number of nitrogens with one attached hydrogen (secondary N) is 1. The Hall–Kier alpha value is -2.37. The molecule has 0 amide bonds. The highest BCUT2D eigenvalue weighted by atomic mass is 19.1. The Morgan fingerprint density at radius 2 is 2.33 bits per heavy atom. The highest BCUT2D eigenvalue weighted by Gasteiger charge is 2.15. The third kappa shape index (κ3) is 2.61. The summed E-state index contributed by atoms with van der Waals surface area (Å²) < 4.78 is 20.4. The minimum absolute atomic E-state index is 0.0924. The molecular formula is C15H16FN3O2. The molecule has 0 saturated carbocycles. The van der Waals surface area contributed by atoms with Crippen molar-refractivity contribution in [3.63, 3.8) is 0 Å². The van der Waals surface area contributed by atoms with Crippen LogP contribution in [0.25, 0.3) is 0 Å². The average molecular weight is 289 g/mol. The summed E-state index contributed by atoms with van der Waals surface area (Å²) in [6, 6.07) is 6.40. The van der Waals surface area contributed by atoms with Crippen molar-refractivity contribution in [2.24, 2.45) is 0 Å². The zero-order chi connectivity index (χ0) is 14.8. The Labute approximate surface area is 121 Å². The van der Waals surface area contributed by atoms with Crippen LogP contribution in [-0.2, 0) is 13.0 Å². The van der Waals surface area contributed by atoms with Gasteiger partial charge in [0.05, 0.1) is 25.0 Å². The first-order chi connectivity index (χ1) is 10.2. The lowest BCUT2D eigenvalue weighted by Gasteiger charge is -2.18. The summed E-state index contributed by atoms with van der Waals surface area (Å²) in [5.41, 5.74) is 1.77. The molecule has 0 unspecified atom stereocenters. The van der Waals surface area contributed by atoms with E-state index in [4.69, 9.17) is 4.74 Å². The zero-order valence-corrected chi connectivity index (χ0v) is 11.7. The first kappa shape index (κ1) is 13.6. The van der Waals surface area contributed by atoms with Crippen LogP contribution in [0.4, 0.5) is 10.1 Å². The van der Waals surface area contributed by atoms with E-state index >= 15 is 0 Å². The Morgan fingerprint density at radius 1 is 1.48 bits per heavy atom. The van der Waals surface area contributed by atoms with Gasteiger partial charge >= 0.3 is 0 Å². The van der Waals surface area contributed by atoms with Crippen molar-refractivity contribution < 1.29 is 9.13 Å². The number of ether oxygens (including phenoxy) is 1.